The van der Waals surface area contributed by atoms with E-state index in [1.54, 1.807) is 17.2 Å². The minimum atomic E-state index is -0.118. The molecular formula is C16H19ClN4O2. The van der Waals surface area contributed by atoms with Gasteiger partial charge in [-0.3, -0.25) is 4.79 Å². The second-order valence-corrected chi connectivity index (χ2v) is 5.88. The molecule has 6 nitrogen and oxygen atoms in total. The van der Waals surface area contributed by atoms with Crippen LogP contribution in [-0.2, 0) is 4.74 Å². The third-order valence-electron chi connectivity index (χ3n) is 3.88. The summed E-state index contributed by atoms with van der Waals surface area (Å²) in [6.45, 7) is 3.96. The summed E-state index contributed by atoms with van der Waals surface area (Å²) in [6.07, 6.45) is 3.66. The number of benzene rings is 1. The fraction of sp³-hybridized carbons (Fsp3) is 0.438. The maximum atomic E-state index is 12.6. The second kappa shape index (κ2) is 7.10. The first-order valence-corrected chi connectivity index (χ1v) is 8.15. The first-order chi connectivity index (χ1) is 11.2. The Labute approximate surface area is 140 Å². The summed E-state index contributed by atoms with van der Waals surface area (Å²) in [7, 11) is 0. The quantitative estimate of drug-likeness (QED) is 0.862. The molecule has 1 aliphatic rings. The first-order valence-electron chi connectivity index (χ1n) is 7.77. The molecular weight excluding hydrogens is 316 g/mol. The Morgan fingerprint density at radius 3 is 3.04 bits per heavy atom. The molecule has 1 amide bonds. The predicted octanol–water partition coefficient (Wildman–Crippen LogP) is 2.56. The highest BCUT2D eigenvalue weighted by Gasteiger charge is 2.26. The molecule has 1 fully saturated rings. The zero-order valence-electron chi connectivity index (χ0n) is 13.0. The summed E-state index contributed by atoms with van der Waals surface area (Å²) < 4.78 is 7.16. The Morgan fingerprint density at radius 2 is 2.26 bits per heavy atom. The van der Waals surface area contributed by atoms with E-state index in [4.69, 9.17) is 16.3 Å². The summed E-state index contributed by atoms with van der Waals surface area (Å²) >= 11 is 6.15. The number of nitrogens with zero attached hydrogens (tertiary/aromatic N) is 4. The molecule has 122 valence electrons. The third kappa shape index (κ3) is 3.54. The number of likely N-dealkylation sites (tertiary alicyclic amines) is 1. The van der Waals surface area contributed by atoms with Crippen molar-refractivity contribution in [1.82, 2.24) is 19.9 Å². The number of amides is 1. The number of ether oxygens (including phenoxy) is 1. The van der Waals surface area contributed by atoms with Crippen LogP contribution in [0.1, 0.15) is 30.3 Å². The first kappa shape index (κ1) is 16.0. The van der Waals surface area contributed by atoms with E-state index in [-0.39, 0.29) is 12.0 Å². The predicted molar refractivity (Wildman–Crippen MR) is 86.9 cm³/mol. The molecule has 1 aromatic heterocycles. The van der Waals surface area contributed by atoms with Gasteiger partial charge in [0.1, 0.15) is 0 Å². The number of carbonyl (C=O) groups is 1. The summed E-state index contributed by atoms with van der Waals surface area (Å²) in [5.74, 6) is -0.118. The van der Waals surface area contributed by atoms with Crippen molar-refractivity contribution in [2.45, 2.75) is 25.9 Å². The number of aromatic nitrogens is 3. The Morgan fingerprint density at radius 1 is 1.43 bits per heavy atom. The molecule has 7 heteroatoms. The number of halogens is 1. The molecule has 1 saturated heterocycles. The normalized spacial score (nSPS) is 18.2. The number of hydrogen-bond donors (Lipinski definition) is 0. The van der Waals surface area contributed by atoms with E-state index in [2.05, 4.69) is 10.3 Å². The van der Waals surface area contributed by atoms with Crippen LogP contribution in [0.15, 0.2) is 30.5 Å². The van der Waals surface area contributed by atoms with Gasteiger partial charge in [0.15, 0.2) is 5.69 Å². The largest absolute Gasteiger partial charge is 0.377 e. The molecule has 0 spiro atoms. The van der Waals surface area contributed by atoms with Gasteiger partial charge in [-0.2, -0.15) is 0 Å². The summed E-state index contributed by atoms with van der Waals surface area (Å²) in [4.78, 5) is 14.4. The minimum Gasteiger partial charge on any atom is -0.377 e. The highest BCUT2D eigenvalue weighted by Crippen LogP contribution is 2.20. The highest BCUT2D eigenvalue weighted by atomic mass is 35.5. The third-order valence-corrected chi connectivity index (χ3v) is 4.20. The van der Waals surface area contributed by atoms with E-state index >= 15 is 0 Å². The SMILES string of the molecule is CCO[C@H]1CCCN(C(=O)c2cn(-c3ccccc3Cl)nn2)C1. The lowest BCUT2D eigenvalue weighted by molar-refractivity contribution is 0.00703. The fourth-order valence-corrected chi connectivity index (χ4v) is 3.00. The van der Waals surface area contributed by atoms with E-state index < -0.39 is 0 Å². The van der Waals surface area contributed by atoms with Crippen LogP contribution in [0.5, 0.6) is 0 Å². The Balaban J connectivity index is 1.75. The molecule has 2 heterocycles. The zero-order valence-corrected chi connectivity index (χ0v) is 13.7. The second-order valence-electron chi connectivity index (χ2n) is 5.47. The van der Waals surface area contributed by atoms with Crippen molar-refractivity contribution in [3.05, 3.63) is 41.2 Å². The number of para-hydroxylation sites is 1. The molecule has 0 saturated carbocycles. The molecule has 0 unspecified atom stereocenters. The molecule has 1 atom stereocenters. The number of carbonyl (C=O) groups excluding carboxylic acids is 1. The maximum absolute atomic E-state index is 12.6. The lowest BCUT2D eigenvalue weighted by atomic mass is 10.1. The van der Waals surface area contributed by atoms with E-state index in [9.17, 15) is 4.79 Å². The van der Waals surface area contributed by atoms with Crippen LogP contribution in [0.3, 0.4) is 0 Å². The lowest BCUT2D eigenvalue weighted by Crippen LogP contribution is -2.43. The van der Waals surface area contributed by atoms with Crippen LogP contribution < -0.4 is 0 Å². The van der Waals surface area contributed by atoms with Crippen LogP contribution >= 0.6 is 11.6 Å². The zero-order chi connectivity index (χ0) is 16.2. The van der Waals surface area contributed by atoms with Gasteiger partial charge in [0, 0.05) is 19.7 Å². The van der Waals surface area contributed by atoms with Crippen molar-refractivity contribution in [1.29, 1.82) is 0 Å². The van der Waals surface area contributed by atoms with Gasteiger partial charge in [0.2, 0.25) is 0 Å². The molecule has 1 aromatic carbocycles. The van der Waals surface area contributed by atoms with E-state index in [0.29, 0.717) is 29.6 Å². The molecule has 0 N–H and O–H groups in total. The number of hydrogen-bond acceptors (Lipinski definition) is 4. The Kier molecular flexibility index (Phi) is 4.93. The highest BCUT2D eigenvalue weighted by molar-refractivity contribution is 6.32. The van der Waals surface area contributed by atoms with Crippen molar-refractivity contribution in [3.8, 4) is 5.69 Å². The Bertz CT molecular complexity index is 686. The van der Waals surface area contributed by atoms with Crippen LogP contribution in [-0.4, -0.2) is 51.6 Å². The van der Waals surface area contributed by atoms with Gasteiger partial charge in [-0.15, -0.1) is 5.10 Å². The number of rotatable bonds is 4. The molecule has 1 aliphatic heterocycles. The Hall–Kier alpha value is -1.92. The topological polar surface area (TPSA) is 60.2 Å². The monoisotopic (exact) mass is 334 g/mol. The molecule has 0 bridgehead atoms. The van der Waals surface area contributed by atoms with Crippen LogP contribution in [0.2, 0.25) is 5.02 Å². The molecule has 2 aromatic rings. The standard InChI is InChI=1S/C16H19ClN4O2/c1-2-23-12-6-5-9-20(10-12)16(22)14-11-21(19-18-14)15-8-4-3-7-13(15)17/h3-4,7-8,11-12H,2,5-6,9-10H2,1H3/t12-/m0/s1. The summed E-state index contributed by atoms with van der Waals surface area (Å²) in [5.41, 5.74) is 1.02. The average molecular weight is 335 g/mol. The lowest BCUT2D eigenvalue weighted by Gasteiger charge is -2.31. The van der Waals surface area contributed by atoms with Crippen molar-refractivity contribution < 1.29 is 9.53 Å². The van der Waals surface area contributed by atoms with Crippen molar-refractivity contribution in [2.75, 3.05) is 19.7 Å². The van der Waals surface area contributed by atoms with E-state index in [1.165, 1.54) is 4.68 Å². The van der Waals surface area contributed by atoms with Gasteiger partial charge in [0.05, 0.1) is 23.0 Å². The smallest absolute Gasteiger partial charge is 0.276 e. The summed E-state index contributed by atoms with van der Waals surface area (Å²) in [6, 6.07) is 7.31. The fourth-order valence-electron chi connectivity index (χ4n) is 2.77. The summed E-state index contributed by atoms with van der Waals surface area (Å²) in [5, 5.41) is 8.59. The van der Waals surface area contributed by atoms with Crippen LogP contribution in [0.25, 0.3) is 5.69 Å². The molecule has 0 aliphatic carbocycles. The van der Waals surface area contributed by atoms with Crippen LogP contribution in [0.4, 0.5) is 0 Å². The van der Waals surface area contributed by atoms with Gasteiger partial charge in [-0.25, -0.2) is 4.68 Å². The molecule has 0 radical (unpaired) electrons. The minimum absolute atomic E-state index is 0.108. The average Bonchev–Trinajstić information content (AvgIpc) is 3.05. The maximum Gasteiger partial charge on any atom is 0.276 e. The molecule has 23 heavy (non-hydrogen) atoms. The van der Waals surface area contributed by atoms with E-state index in [1.807, 2.05) is 25.1 Å². The van der Waals surface area contributed by atoms with Gasteiger partial charge < -0.3 is 9.64 Å². The van der Waals surface area contributed by atoms with Crippen molar-refractivity contribution >= 4 is 17.5 Å². The van der Waals surface area contributed by atoms with Gasteiger partial charge >= 0.3 is 0 Å². The van der Waals surface area contributed by atoms with Crippen molar-refractivity contribution in [2.24, 2.45) is 0 Å². The van der Waals surface area contributed by atoms with Gasteiger partial charge in [-0.1, -0.05) is 28.9 Å². The van der Waals surface area contributed by atoms with Crippen molar-refractivity contribution in [3.63, 3.8) is 0 Å². The molecule has 3 rings (SSSR count). The number of piperidine rings is 1. The van der Waals surface area contributed by atoms with Gasteiger partial charge in [-0.05, 0) is 31.9 Å². The van der Waals surface area contributed by atoms with E-state index in [0.717, 1.165) is 19.4 Å². The van der Waals surface area contributed by atoms with Gasteiger partial charge in [0.25, 0.3) is 5.91 Å². The van der Waals surface area contributed by atoms with Crippen LogP contribution in [0, 0.1) is 0 Å².